The minimum Gasteiger partial charge on any atom is -0.478 e. The van der Waals surface area contributed by atoms with Crippen molar-refractivity contribution in [1.29, 1.82) is 0 Å². The third-order valence-electron chi connectivity index (χ3n) is 4.58. The van der Waals surface area contributed by atoms with Gasteiger partial charge in [0.2, 0.25) is 0 Å². The van der Waals surface area contributed by atoms with Gasteiger partial charge >= 0.3 is 5.97 Å². The van der Waals surface area contributed by atoms with Crippen LogP contribution in [0.15, 0.2) is 53.6 Å². The van der Waals surface area contributed by atoms with Gasteiger partial charge in [-0.1, -0.05) is 35.9 Å². The molecule has 0 aliphatic heterocycles. The number of carbonyl (C=O) groups is 2. The molecule has 0 atom stereocenters. The Bertz CT molecular complexity index is 880. The van der Waals surface area contributed by atoms with Gasteiger partial charge in [-0.25, -0.2) is 4.79 Å². The van der Waals surface area contributed by atoms with Crippen LogP contribution in [0.4, 0.5) is 5.69 Å². The van der Waals surface area contributed by atoms with Gasteiger partial charge in [-0.05, 0) is 61.9 Å². The number of aryl methyl sites for hydroxylation is 2. The molecular formula is C21H21NO3. The van der Waals surface area contributed by atoms with Gasteiger partial charge in [-0.15, -0.1) is 0 Å². The van der Waals surface area contributed by atoms with E-state index in [4.69, 9.17) is 0 Å². The topological polar surface area (TPSA) is 66.4 Å². The van der Waals surface area contributed by atoms with Crippen LogP contribution in [0.5, 0.6) is 0 Å². The Labute approximate surface area is 147 Å². The Morgan fingerprint density at radius 3 is 2.36 bits per heavy atom. The fourth-order valence-corrected chi connectivity index (χ4v) is 3.24. The number of nitrogens with one attached hydrogen (secondary N) is 1. The van der Waals surface area contributed by atoms with Crippen molar-refractivity contribution < 1.29 is 14.7 Å². The van der Waals surface area contributed by atoms with Crippen LogP contribution in [0, 0.1) is 13.8 Å². The third kappa shape index (κ3) is 3.63. The van der Waals surface area contributed by atoms with Crippen LogP contribution in [-0.4, -0.2) is 17.0 Å². The van der Waals surface area contributed by atoms with E-state index in [-0.39, 0.29) is 11.5 Å². The maximum absolute atomic E-state index is 12.4. The van der Waals surface area contributed by atoms with Crippen LogP contribution in [-0.2, 0) is 9.59 Å². The second kappa shape index (κ2) is 6.93. The molecule has 0 aromatic heterocycles. The van der Waals surface area contributed by atoms with Gasteiger partial charge in [0.15, 0.2) is 0 Å². The number of hydrogen-bond acceptors (Lipinski definition) is 2. The van der Waals surface area contributed by atoms with Gasteiger partial charge in [0.05, 0.1) is 0 Å². The first kappa shape index (κ1) is 17.0. The van der Waals surface area contributed by atoms with E-state index in [1.54, 1.807) is 0 Å². The number of benzene rings is 2. The highest BCUT2D eigenvalue weighted by molar-refractivity contribution is 6.09. The lowest BCUT2D eigenvalue weighted by Crippen LogP contribution is -2.17. The summed E-state index contributed by atoms with van der Waals surface area (Å²) >= 11 is 0. The zero-order valence-electron chi connectivity index (χ0n) is 14.4. The molecule has 128 valence electrons. The van der Waals surface area contributed by atoms with Gasteiger partial charge in [0, 0.05) is 16.8 Å². The zero-order valence-corrected chi connectivity index (χ0v) is 14.4. The normalized spacial score (nSPS) is 13.8. The maximum Gasteiger partial charge on any atom is 0.332 e. The monoisotopic (exact) mass is 335 g/mol. The van der Waals surface area contributed by atoms with Crippen molar-refractivity contribution in [1.82, 2.24) is 0 Å². The Morgan fingerprint density at radius 1 is 0.960 bits per heavy atom. The van der Waals surface area contributed by atoms with Crippen LogP contribution in [0.3, 0.4) is 0 Å². The minimum absolute atomic E-state index is 0.242. The number of anilines is 1. The fourth-order valence-electron chi connectivity index (χ4n) is 3.24. The number of rotatable bonds is 4. The van der Waals surface area contributed by atoms with Crippen molar-refractivity contribution in [3.05, 3.63) is 64.7 Å². The molecular weight excluding hydrogens is 314 g/mol. The van der Waals surface area contributed by atoms with E-state index in [2.05, 4.69) is 30.4 Å². The maximum atomic E-state index is 12.4. The SMILES string of the molecule is Cc1cccc(-c2ccc(NC(=O)C3=C(C(=O)O)CCC3)c(C)c2)c1. The number of hydrogen-bond donors (Lipinski definition) is 2. The van der Waals surface area contributed by atoms with Gasteiger partial charge in [-0.3, -0.25) is 4.79 Å². The van der Waals surface area contributed by atoms with Gasteiger partial charge < -0.3 is 10.4 Å². The first-order valence-corrected chi connectivity index (χ1v) is 8.40. The molecule has 2 N–H and O–H groups in total. The standard InChI is InChI=1S/C21H21NO3/c1-13-5-3-6-15(11-13)16-9-10-19(14(2)12-16)22-20(23)17-7-4-8-18(17)21(24)25/h3,5-6,9-12H,4,7-8H2,1-2H3,(H,22,23)(H,24,25). The summed E-state index contributed by atoms with van der Waals surface area (Å²) in [4.78, 5) is 23.7. The number of carboxylic acids is 1. The fraction of sp³-hybridized carbons (Fsp3) is 0.238. The van der Waals surface area contributed by atoms with E-state index in [0.29, 0.717) is 24.1 Å². The van der Waals surface area contributed by atoms with Crippen LogP contribution >= 0.6 is 0 Å². The van der Waals surface area contributed by atoms with Crippen molar-refractivity contribution in [3.63, 3.8) is 0 Å². The molecule has 3 rings (SSSR count). The first-order chi connectivity index (χ1) is 12.0. The van der Waals surface area contributed by atoms with Crippen molar-refractivity contribution in [2.45, 2.75) is 33.1 Å². The summed E-state index contributed by atoms with van der Waals surface area (Å²) in [6, 6.07) is 14.1. The van der Waals surface area contributed by atoms with Crippen LogP contribution in [0.25, 0.3) is 11.1 Å². The summed E-state index contributed by atoms with van der Waals surface area (Å²) in [5.74, 6) is -1.30. The quantitative estimate of drug-likeness (QED) is 0.866. The predicted molar refractivity (Wildman–Crippen MR) is 98.5 cm³/mol. The zero-order chi connectivity index (χ0) is 18.0. The summed E-state index contributed by atoms with van der Waals surface area (Å²) in [7, 11) is 0. The van der Waals surface area contributed by atoms with Gasteiger partial charge in [0.25, 0.3) is 5.91 Å². The molecule has 1 aliphatic carbocycles. The summed E-state index contributed by atoms with van der Waals surface area (Å²) in [5.41, 5.74) is 5.72. The molecule has 25 heavy (non-hydrogen) atoms. The lowest BCUT2D eigenvalue weighted by molar-refractivity contribution is -0.133. The molecule has 0 saturated heterocycles. The van der Waals surface area contributed by atoms with Gasteiger partial charge in [0.1, 0.15) is 0 Å². The van der Waals surface area contributed by atoms with E-state index in [1.807, 2.05) is 31.2 Å². The molecule has 2 aromatic carbocycles. The third-order valence-corrected chi connectivity index (χ3v) is 4.58. The molecule has 0 radical (unpaired) electrons. The van der Waals surface area contributed by atoms with Crippen LogP contribution in [0.2, 0.25) is 0 Å². The lowest BCUT2D eigenvalue weighted by atomic mass is 10.0. The molecule has 4 nitrogen and oxygen atoms in total. The minimum atomic E-state index is -0.992. The molecule has 0 spiro atoms. The number of carbonyl (C=O) groups excluding carboxylic acids is 1. The van der Waals surface area contributed by atoms with E-state index < -0.39 is 5.97 Å². The Kier molecular flexibility index (Phi) is 4.70. The molecule has 0 unspecified atom stereocenters. The first-order valence-electron chi connectivity index (χ1n) is 8.40. The van der Waals surface area contributed by atoms with Gasteiger partial charge in [-0.2, -0.15) is 0 Å². The highest BCUT2D eigenvalue weighted by atomic mass is 16.4. The van der Waals surface area contributed by atoms with Crippen molar-refractivity contribution in [2.24, 2.45) is 0 Å². The molecule has 0 heterocycles. The second-order valence-electron chi connectivity index (χ2n) is 6.47. The summed E-state index contributed by atoms with van der Waals surface area (Å²) in [6.07, 6.45) is 1.70. The van der Waals surface area contributed by atoms with E-state index in [0.717, 1.165) is 23.1 Å². The predicted octanol–water partition coefficient (Wildman–Crippen LogP) is 4.47. The van der Waals surface area contributed by atoms with Crippen molar-refractivity contribution in [3.8, 4) is 11.1 Å². The second-order valence-corrected chi connectivity index (χ2v) is 6.47. The average Bonchev–Trinajstić information content (AvgIpc) is 3.06. The number of aliphatic carboxylic acids is 1. The highest BCUT2D eigenvalue weighted by Crippen LogP contribution is 2.29. The number of carboxylic acid groups (broad SMARTS) is 1. The smallest absolute Gasteiger partial charge is 0.332 e. The Balaban J connectivity index is 1.83. The van der Waals surface area contributed by atoms with Crippen LogP contribution < -0.4 is 5.32 Å². The van der Waals surface area contributed by atoms with E-state index in [9.17, 15) is 14.7 Å². The molecule has 0 saturated carbocycles. The molecule has 0 bridgehead atoms. The molecule has 1 amide bonds. The molecule has 2 aromatic rings. The molecule has 1 aliphatic rings. The van der Waals surface area contributed by atoms with E-state index >= 15 is 0 Å². The molecule has 0 fully saturated rings. The van der Waals surface area contributed by atoms with Crippen molar-refractivity contribution >= 4 is 17.6 Å². The van der Waals surface area contributed by atoms with E-state index in [1.165, 1.54) is 5.56 Å². The summed E-state index contributed by atoms with van der Waals surface area (Å²) in [5, 5.41) is 12.1. The summed E-state index contributed by atoms with van der Waals surface area (Å²) < 4.78 is 0. The van der Waals surface area contributed by atoms with Crippen LogP contribution in [0.1, 0.15) is 30.4 Å². The largest absolute Gasteiger partial charge is 0.478 e. The Morgan fingerprint density at radius 2 is 1.68 bits per heavy atom. The molecule has 4 heteroatoms. The number of amides is 1. The Hall–Kier alpha value is -2.88. The van der Waals surface area contributed by atoms with Crippen molar-refractivity contribution in [2.75, 3.05) is 5.32 Å². The lowest BCUT2D eigenvalue weighted by Gasteiger charge is -2.12. The highest BCUT2D eigenvalue weighted by Gasteiger charge is 2.25. The average molecular weight is 335 g/mol. The summed E-state index contributed by atoms with van der Waals surface area (Å²) in [6.45, 7) is 4.00.